The van der Waals surface area contributed by atoms with E-state index in [1.54, 1.807) is 0 Å². The maximum absolute atomic E-state index is 13.1. The zero-order chi connectivity index (χ0) is 16.8. The second-order valence-electron chi connectivity index (χ2n) is 5.06. The number of ether oxygens (including phenoxy) is 1. The van der Waals surface area contributed by atoms with Gasteiger partial charge in [0.1, 0.15) is 12.4 Å². The Bertz CT molecular complexity index is 718. The van der Waals surface area contributed by atoms with Crippen LogP contribution in [0.15, 0.2) is 41.6 Å². The summed E-state index contributed by atoms with van der Waals surface area (Å²) in [5.74, 6) is -1.18. The van der Waals surface area contributed by atoms with Crippen LogP contribution in [0.25, 0.3) is 0 Å². The lowest BCUT2D eigenvalue weighted by molar-refractivity contribution is 0.107. The lowest BCUT2D eigenvalue weighted by atomic mass is 10.1. The van der Waals surface area contributed by atoms with Gasteiger partial charge in [0.05, 0.1) is 0 Å². The van der Waals surface area contributed by atoms with Crippen LogP contribution in [0.1, 0.15) is 16.7 Å². The number of rotatable bonds is 6. The number of halogens is 2. The van der Waals surface area contributed by atoms with Crippen LogP contribution in [0, 0.1) is 25.5 Å². The standard InChI is InChI=1S/C17H18F2N2O2/c1-11-3-4-12(2)16(9-11)22-7-8-23-21-17(20)13-5-6-14(18)15(19)10-13/h3-6,9-10H,7-8H2,1-2H3,(H2,20,21). The van der Waals surface area contributed by atoms with Crippen LogP contribution in [0.4, 0.5) is 8.78 Å². The first kappa shape index (κ1) is 16.7. The lowest BCUT2D eigenvalue weighted by Gasteiger charge is -2.09. The first-order chi connectivity index (χ1) is 11.0. The number of nitrogens with two attached hydrogens (primary N) is 1. The Labute approximate surface area is 133 Å². The highest BCUT2D eigenvalue weighted by Gasteiger charge is 2.06. The average Bonchev–Trinajstić information content (AvgIpc) is 2.52. The summed E-state index contributed by atoms with van der Waals surface area (Å²) in [6.07, 6.45) is 0. The molecular weight excluding hydrogens is 302 g/mol. The van der Waals surface area contributed by atoms with E-state index < -0.39 is 11.6 Å². The third-order valence-corrected chi connectivity index (χ3v) is 3.15. The van der Waals surface area contributed by atoms with E-state index >= 15 is 0 Å². The Kier molecular flexibility index (Phi) is 5.51. The molecule has 0 saturated heterocycles. The number of hydrogen-bond acceptors (Lipinski definition) is 3. The second kappa shape index (κ2) is 7.58. The fourth-order valence-electron chi connectivity index (χ4n) is 1.88. The monoisotopic (exact) mass is 320 g/mol. The highest BCUT2D eigenvalue weighted by Crippen LogP contribution is 2.18. The number of amidine groups is 1. The van der Waals surface area contributed by atoms with Gasteiger partial charge in [0.15, 0.2) is 24.1 Å². The maximum atomic E-state index is 13.1. The first-order valence-corrected chi connectivity index (χ1v) is 7.08. The van der Waals surface area contributed by atoms with E-state index in [9.17, 15) is 8.78 Å². The minimum absolute atomic E-state index is 0.0318. The minimum atomic E-state index is -0.987. The molecule has 2 rings (SSSR count). The number of oxime groups is 1. The average molecular weight is 320 g/mol. The summed E-state index contributed by atoms with van der Waals surface area (Å²) in [5, 5.41) is 3.66. The molecule has 0 atom stereocenters. The van der Waals surface area contributed by atoms with Crippen molar-refractivity contribution in [1.82, 2.24) is 0 Å². The van der Waals surface area contributed by atoms with Crippen molar-refractivity contribution in [2.45, 2.75) is 13.8 Å². The molecule has 0 unspecified atom stereocenters. The molecule has 2 aromatic rings. The predicted octanol–water partition coefficient (Wildman–Crippen LogP) is 3.30. The zero-order valence-electron chi connectivity index (χ0n) is 13.0. The molecule has 0 aromatic heterocycles. The molecule has 2 aromatic carbocycles. The number of aryl methyl sites for hydroxylation is 2. The van der Waals surface area contributed by atoms with Crippen molar-refractivity contribution in [2.24, 2.45) is 10.9 Å². The zero-order valence-corrected chi connectivity index (χ0v) is 13.0. The van der Waals surface area contributed by atoms with E-state index in [1.807, 2.05) is 32.0 Å². The quantitative estimate of drug-likeness (QED) is 0.384. The van der Waals surface area contributed by atoms with E-state index in [1.165, 1.54) is 6.07 Å². The summed E-state index contributed by atoms with van der Waals surface area (Å²) >= 11 is 0. The van der Waals surface area contributed by atoms with E-state index in [0.29, 0.717) is 6.61 Å². The van der Waals surface area contributed by atoms with Gasteiger partial charge in [-0.1, -0.05) is 17.3 Å². The second-order valence-corrected chi connectivity index (χ2v) is 5.06. The summed E-state index contributed by atoms with van der Waals surface area (Å²) in [6.45, 7) is 4.40. The summed E-state index contributed by atoms with van der Waals surface area (Å²) in [6, 6.07) is 9.19. The molecule has 0 aliphatic heterocycles. The van der Waals surface area contributed by atoms with Crippen LogP contribution in [0.2, 0.25) is 0 Å². The van der Waals surface area contributed by atoms with Crippen molar-refractivity contribution in [3.05, 3.63) is 64.7 Å². The number of benzene rings is 2. The molecule has 0 fully saturated rings. The van der Waals surface area contributed by atoms with Crippen LogP contribution < -0.4 is 10.5 Å². The molecule has 0 radical (unpaired) electrons. The molecule has 2 N–H and O–H groups in total. The van der Waals surface area contributed by atoms with Crippen LogP contribution >= 0.6 is 0 Å². The topological polar surface area (TPSA) is 56.8 Å². The molecule has 0 aliphatic rings. The fraction of sp³-hybridized carbons (Fsp3) is 0.235. The van der Waals surface area contributed by atoms with Crippen LogP contribution in [-0.2, 0) is 4.84 Å². The number of nitrogens with zero attached hydrogens (tertiary/aromatic N) is 1. The van der Waals surface area contributed by atoms with Gasteiger partial charge in [0.25, 0.3) is 0 Å². The van der Waals surface area contributed by atoms with Crippen molar-refractivity contribution in [3.63, 3.8) is 0 Å². The summed E-state index contributed by atoms with van der Waals surface area (Å²) in [4.78, 5) is 5.03. The highest BCUT2D eigenvalue weighted by atomic mass is 19.2. The van der Waals surface area contributed by atoms with Crippen LogP contribution in [0.3, 0.4) is 0 Å². The molecule has 122 valence electrons. The molecule has 0 bridgehead atoms. The first-order valence-electron chi connectivity index (χ1n) is 7.08. The Morgan fingerprint density at radius 1 is 1.04 bits per heavy atom. The summed E-state index contributed by atoms with van der Waals surface area (Å²) in [7, 11) is 0. The Morgan fingerprint density at radius 2 is 1.83 bits per heavy atom. The van der Waals surface area contributed by atoms with E-state index in [0.717, 1.165) is 29.0 Å². The molecule has 4 nitrogen and oxygen atoms in total. The third-order valence-electron chi connectivity index (χ3n) is 3.15. The van der Waals surface area contributed by atoms with Gasteiger partial charge in [-0.05, 0) is 49.2 Å². The van der Waals surface area contributed by atoms with Crippen molar-refractivity contribution in [2.75, 3.05) is 13.2 Å². The molecule has 0 aliphatic carbocycles. The largest absolute Gasteiger partial charge is 0.490 e. The van der Waals surface area contributed by atoms with Gasteiger partial charge >= 0.3 is 0 Å². The summed E-state index contributed by atoms with van der Waals surface area (Å²) in [5.41, 5.74) is 8.03. The Morgan fingerprint density at radius 3 is 2.57 bits per heavy atom. The van der Waals surface area contributed by atoms with Gasteiger partial charge in [-0.25, -0.2) is 8.78 Å². The third kappa shape index (κ3) is 4.67. The molecule has 0 heterocycles. The van der Waals surface area contributed by atoms with Gasteiger partial charge in [-0.3, -0.25) is 0 Å². The van der Waals surface area contributed by atoms with Crippen LogP contribution in [0.5, 0.6) is 5.75 Å². The minimum Gasteiger partial charge on any atom is -0.490 e. The molecule has 0 saturated carbocycles. The lowest BCUT2D eigenvalue weighted by Crippen LogP contribution is -2.15. The van der Waals surface area contributed by atoms with E-state index in [4.69, 9.17) is 15.3 Å². The fourth-order valence-corrected chi connectivity index (χ4v) is 1.88. The van der Waals surface area contributed by atoms with Crippen molar-refractivity contribution >= 4 is 5.84 Å². The molecule has 0 spiro atoms. The van der Waals surface area contributed by atoms with E-state index in [-0.39, 0.29) is 18.0 Å². The van der Waals surface area contributed by atoms with Gasteiger partial charge in [0, 0.05) is 5.56 Å². The van der Waals surface area contributed by atoms with Crippen molar-refractivity contribution < 1.29 is 18.4 Å². The van der Waals surface area contributed by atoms with Gasteiger partial charge in [0.2, 0.25) is 0 Å². The van der Waals surface area contributed by atoms with Gasteiger partial charge in [-0.2, -0.15) is 0 Å². The predicted molar refractivity (Wildman–Crippen MR) is 84.4 cm³/mol. The normalized spacial score (nSPS) is 11.4. The SMILES string of the molecule is Cc1ccc(C)c(OCCO/N=C(/N)c2ccc(F)c(F)c2)c1. The van der Waals surface area contributed by atoms with Crippen molar-refractivity contribution in [3.8, 4) is 5.75 Å². The van der Waals surface area contributed by atoms with Gasteiger partial charge in [-0.15, -0.1) is 0 Å². The highest BCUT2D eigenvalue weighted by molar-refractivity contribution is 5.97. The Balaban J connectivity index is 1.84. The Hall–Kier alpha value is -2.63. The molecule has 6 heteroatoms. The van der Waals surface area contributed by atoms with Crippen molar-refractivity contribution in [1.29, 1.82) is 0 Å². The molecular formula is C17H18F2N2O2. The summed E-state index contributed by atoms with van der Waals surface area (Å²) < 4.78 is 31.5. The van der Waals surface area contributed by atoms with E-state index in [2.05, 4.69) is 5.16 Å². The molecule has 23 heavy (non-hydrogen) atoms. The smallest absolute Gasteiger partial charge is 0.170 e. The van der Waals surface area contributed by atoms with Crippen LogP contribution in [-0.4, -0.2) is 19.0 Å². The van der Waals surface area contributed by atoms with Gasteiger partial charge < -0.3 is 15.3 Å². The molecule has 0 amide bonds. The number of hydrogen-bond donors (Lipinski definition) is 1. The maximum Gasteiger partial charge on any atom is 0.170 e.